The SMILES string of the molecule is CCNC1CCC(c2ccc(OC)cc2)C1. The molecule has 2 unspecified atom stereocenters. The lowest BCUT2D eigenvalue weighted by atomic mass is 9.97. The lowest BCUT2D eigenvalue weighted by Crippen LogP contribution is -2.25. The number of methoxy groups -OCH3 is 1. The van der Waals surface area contributed by atoms with Crippen LogP contribution in [-0.2, 0) is 0 Å². The molecule has 2 nitrogen and oxygen atoms in total. The molecule has 1 N–H and O–H groups in total. The summed E-state index contributed by atoms with van der Waals surface area (Å²) in [5, 5.41) is 3.54. The van der Waals surface area contributed by atoms with Gasteiger partial charge in [0.15, 0.2) is 0 Å². The first-order valence-corrected chi connectivity index (χ1v) is 6.20. The van der Waals surface area contributed by atoms with Crippen LogP contribution in [-0.4, -0.2) is 19.7 Å². The Bertz CT molecular complexity index is 320. The number of benzene rings is 1. The molecule has 88 valence electrons. The van der Waals surface area contributed by atoms with E-state index in [0.29, 0.717) is 0 Å². The highest BCUT2D eigenvalue weighted by Crippen LogP contribution is 2.34. The molecule has 0 aliphatic heterocycles. The van der Waals surface area contributed by atoms with Gasteiger partial charge < -0.3 is 10.1 Å². The van der Waals surface area contributed by atoms with Gasteiger partial charge in [-0.2, -0.15) is 0 Å². The topological polar surface area (TPSA) is 21.3 Å². The third-order valence-electron chi connectivity index (χ3n) is 3.51. The molecule has 1 aliphatic carbocycles. The van der Waals surface area contributed by atoms with Crippen LogP contribution in [0.4, 0.5) is 0 Å². The van der Waals surface area contributed by atoms with Gasteiger partial charge in [-0.15, -0.1) is 0 Å². The van der Waals surface area contributed by atoms with Crippen molar-refractivity contribution in [3.05, 3.63) is 29.8 Å². The van der Waals surface area contributed by atoms with Crippen molar-refractivity contribution < 1.29 is 4.74 Å². The predicted molar refractivity (Wildman–Crippen MR) is 67.1 cm³/mol. The predicted octanol–water partition coefficient (Wildman–Crippen LogP) is 2.94. The Labute approximate surface area is 98.0 Å². The minimum absolute atomic E-state index is 0.720. The van der Waals surface area contributed by atoms with E-state index in [9.17, 15) is 0 Å². The van der Waals surface area contributed by atoms with Gasteiger partial charge in [-0.3, -0.25) is 0 Å². The van der Waals surface area contributed by atoms with Gasteiger partial charge in [-0.25, -0.2) is 0 Å². The summed E-state index contributed by atoms with van der Waals surface area (Å²) in [5.41, 5.74) is 1.46. The zero-order valence-electron chi connectivity index (χ0n) is 10.2. The molecule has 2 rings (SSSR count). The molecule has 16 heavy (non-hydrogen) atoms. The van der Waals surface area contributed by atoms with Gasteiger partial charge in [0.05, 0.1) is 7.11 Å². The number of rotatable bonds is 4. The first kappa shape index (κ1) is 11.5. The van der Waals surface area contributed by atoms with Gasteiger partial charge in [0.2, 0.25) is 0 Å². The van der Waals surface area contributed by atoms with E-state index >= 15 is 0 Å². The van der Waals surface area contributed by atoms with Crippen LogP contribution in [0.2, 0.25) is 0 Å². The molecule has 1 aromatic rings. The second-order valence-corrected chi connectivity index (χ2v) is 4.54. The number of hydrogen-bond acceptors (Lipinski definition) is 2. The Morgan fingerprint density at radius 2 is 2.00 bits per heavy atom. The highest BCUT2D eigenvalue weighted by Gasteiger charge is 2.24. The van der Waals surface area contributed by atoms with Crippen molar-refractivity contribution >= 4 is 0 Å². The third kappa shape index (κ3) is 2.56. The van der Waals surface area contributed by atoms with Crippen LogP contribution in [0.25, 0.3) is 0 Å². The van der Waals surface area contributed by atoms with Crippen LogP contribution in [0.3, 0.4) is 0 Å². The van der Waals surface area contributed by atoms with Crippen molar-refractivity contribution in [2.75, 3.05) is 13.7 Å². The largest absolute Gasteiger partial charge is 0.497 e. The summed E-state index contributed by atoms with van der Waals surface area (Å²) in [7, 11) is 1.71. The first-order valence-electron chi connectivity index (χ1n) is 6.20. The first-order chi connectivity index (χ1) is 7.83. The lowest BCUT2D eigenvalue weighted by Gasteiger charge is -2.12. The monoisotopic (exact) mass is 219 g/mol. The van der Waals surface area contributed by atoms with E-state index < -0.39 is 0 Å². The van der Waals surface area contributed by atoms with Gasteiger partial charge in [0.1, 0.15) is 5.75 Å². The van der Waals surface area contributed by atoms with Gasteiger partial charge in [-0.1, -0.05) is 19.1 Å². The van der Waals surface area contributed by atoms with Crippen LogP contribution >= 0.6 is 0 Å². The molecular formula is C14H21NO. The Morgan fingerprint density at radius 3 is 2.62 bits per heavy atom. The summed E-state index contributed by atoms with van der Waals surface area (Å²) in [6.07, 6.45) is 3.90. The highest BCUT2D eigenvalue weighted by molar-refractivity contribution is 5.30. The van der Waals surface area contributed by atoms with Gasteiger partial charge in [0, 0.05) is 6.04 Å². The Balaban J connectivity index is 1.97. The van der Waals surface area contributed by atoms with E-state index in [1.165, 1.54) is 24.8 Å². The summed E-state index contributed by atoms with van der Waals surface area (Å²) < 4.78 is 5.18. The van der Waals surface area contributed by atoms with E-state index in [1.54, 1.807) is 7.11 Å². The van der Waals surface area contributed by atoms with Crippen molar-refractivity contribution in [2.45, 2.75) is 38.1 Å². The normalized spacial score (nSPS) is 24.6. The molecule has 1 saturated carbocycles. The zero-order valence-corrected chi connectivity index (χ0v) is 10.2. The molecule has 0 saturated heterocycles. The number of ether oxygens (including phenoxy) is 1. The van der Waals surface area contributed by atoms with Gasteiger partial charge >= 0.3 is 0 Å². The summed E-state index contributed by atoms with van der Waals surface area (Å²) in [6.45, 7) is 3.26. The molecule has 2 atom stereocenters. The fourth-order valence-corrected chi connectivity index (χ4v) is 2.63. The average Bonchev–Trinajstić information content (AvgIpc) is 2.78. The number of nitrogens with one attached hydrogen (secondary N) is 1. The van der Waals surface area contributed by atoms with Gasteiger partial charge in [0.25, 0.3) is 0 Å². The molecule has 0 amide bonds. The second kappa shape index (κ2) is 5.35. The van der Waals surface area contributed by atoms with Crippen molar-refractivity contribution in [3.8, 4) is 5.75 Å². The quantitative estimate of drug-likeness (QED) is 0.840. The van der Waals surface area contributed by atoms with E-state index in [-0.39, 0.29) is 0 Å². The van der Waals surface area contributed by atoms with E-state index in [2.05, 4.69) is 36.5 Å². The summed E-state index contributed by atoms with van der Waals surface area (Å²) in [6, 6.07) is 9.26. The second-order valence-electron chi connectivity index (χ2n) is 4.54. The number of hydrogen-bond donors (Lipinski definition) is 1. The molecule has 1 aromatic carbocycles. The molecular weight excluding hydrogens is 198 g/mol. The van der Waals surface area contributed by atoms with Crippen LogP contribution in [0.15, 0.2) is 24.3 Å². The minimum Gasteiger partial charge on any atom is -0.497 e. The minimum atomic E-state index is 0.720. The highest BCUT2D eigenvalue weighted by atomic mass is 16.5. The van der Waals surface area contributed by atoms with Crippen molar-refractivity contribution in [1.29, 1.82) is 0 Å². The van der Waals surface area contributed by atoms with Crippen LogP contribution in [0.5, 0.6) is 5.75 Å². The maximum absolute atomic E-state index is 5.18. The smallest absolute Gasteiger partial charge is 0.118 e. The fraction of sp³-hybridized carbons (Fsp3) is 0.571. The van der Waals surface area contributed by atoms with E-state index in [4.69, 9.17) is 4.74 Å². The fourth-order valence-electron chi connectivity index (χ4n) is 2.63. The molecule has 1 aliphatic rings. The average molecular weight is 219 g/mol. The molecule has 0 heterocycles. The van der Waals surface area contributed by atoms with E-state index in [1.807, 2.05) is 0 Å². The molecule has 1 fully saturated rings. The standard InChI is InChI=1S/C14H21NO/c1-3-15-13-7-4-12(10-13)11-5-8-14(16-2)9-6-11/h5-6,8-9,12-13,15H,3-4,7,10H2,1-2H3. The van der Waals surface area contributed by atoms with Gasteiger partial charge in [-0.05, 0) is 49.4 Å². The maximum Gasteiger partial charge on any atom is 0.118 e. The zero-order chi connectivity index (χ0) is 11.4. The maximum atomic E-state index is 5.18. The van der Waals surface area contributed by atoms with Crippen molar-refractivity contribution in [1.82, 2.24) is 5.32 Å². The molecule has 0 radical (unpaired) electrons. The van der Waals surface area contributed by atoms with Crippen LogP contribution in [0.1, 0.15) is 37.7 Å². The lowest BCUT2D eigenvalue weighted by molar-refractivity contribution is 0.414. The molecule has 0 bridgehead atoms. The third-order valence-corrected chi connectivity index (χ3v) is 3.51. The van der Waals surface area contributed by atoms with Crippen molar-refractivity contribution in [2.24, 2.45) is 0 Å². The summed E-state index contributed by atoms with van der Waals surface area (Å²) >= 11 is 0. The van der Waals surface area contributed by atoms with E-state index in [0.717, 1.165) is 24.3 Å². The van der Waals surface area contributed by atoms with Crippen LogP contribution < -0.4 is 10.1 Å². The molecule has 0 aromatic heterocycles. The molecule has 0 spiro atoms. The molecule has 2 heteroatoms. The summed E-state index contributed by atoms with van der Waals surface area (Å²) in [4.78, 5) is 0. The Kier molecular flexibility index (Phi) is 3.83. The van der Waals surface area contributed by atoms with Crippen LogP contribution in [0, 0.1) is 0 Å². The van der Waals surface area contributed by atoms with Crippen molar-refractivity contribution in [3.63, 3.8) is 0 Å². The Hall–Kier alpha value is -1.02. The Morgan fingerprint density at radius 1 is 1.25 bits per heavy atom. The summed E-state index contributed by atoms with van der Waals surface area (Å²) in [5.74, 6) is 1.68.